The molecule has 0 aliphatic rings. The minimum absolute atomic E-state index is 0.276. The monoisotopic (exact) mass is 560 g/mol. The van der Waals surface area contributed by atoms with Crippen LogP contribution in [0.1, 0.15) is 43.8 Å². The fourth-order valence-electron chi connectivity index (χ4n) is 4.86. The maximum absolute atomic E-state index is 13.0. The lowest BCUT2D eigenvalue weighted by Gasteiger charge is -2.07. The molecule has 2 heterocycles. The van der Waals surface area contributed by atoms with E-state index >= 15 is 0 Å². The third-order valence-corrected chi connectivity index (χ3v) is 8.11. The average molecular weight is 561 g/mol. The van der Waals surface area contributed by atoms with E-state index in [0.29, 0.717) is 23.0 Å². The Balaban J connectivity index is 1.08. The van der Waals surface area contributed by atoms with Crippen LogP contribution in [-0.2, 0) is 11.5 Å². The molecule has 204 valence electrons. The van der Waals surface area contributed by atoms with E-state index in [1.165, 1.54) is 0 Å². The number of fused-ring (bicyclic) bond motifs is 2. The zero-order chi connectivity index (χ0) is 28.3. The summed E-state index contributed by atoms with van der Waals surface area (Å²) in [6, 6.07) is 31.1. The molecule has 7 heteroatoms. The number of thioether (sulfide) groups is 1. The molecule has 0 atom stereocenters. The number of rotatable bonds is 8. The smallest absolute Gasteiger partial charge is 0.291 e. The van der Waals surface area contributed by atoms with Gasteiger partial charge in [-0.15, -0.1) is 0 Å². The first-order valence-corrected chi connectivity index (χ1v) is 14.5. The highest BCUT2D eigenvalue weighted by Crippen LogP contribution is 2.29. The van der Waals surface area contributed by atoms with Gasteiger partial charge < -0.3 is 19.5 Å². The number of nitrogens with one attached hydrogen (secondary N) is 2. The Labute approximate surface area is 241 Å². The average Bonchev–Trinajstić information content (AvgIpc) is 3.55. The SMILES string of the molecule is Cc1oc(C(=O)Nc2cccc3ccccc23)cc1CSCc1cc(C(=O)Nc2cccc3ccccc23)oc1C. The minimum Gasteiger partial charge on any atom is -0.456 e. The molecule has 0 aliphatic carbocycles. The summed E-state index contributed by atoms with van der Waals surface area (Å²) in [5, 5.41) is 10.0. The van der Waals surface area contributed by atoms with Crippen LogP contribution in [0.25, 0.3) is 21.5 Å². The molecule has 0 aliphatic heterocycles. The first kappa shape index (κ1) is 26.5. The Kier molecular flexibility index (Phi) is 7.35. The highest BCUT2D eigenvalue weighted by molar-refractivity contribution is 7.97. The summed E-state index contributed by atoms with van der Waals surface area (Å²) in [5.41, 5.74) is 3.39. The molecule has 0 saturated heterocycles. The predicted molar refractivity (Wildman–Crippen MR) is 166 cm³/mol. The quantitative estimate of drug-likeness (QED) is 0.194. The number of anilines is 2. The van der Waals surface area contributed by atoms with E-state index in [-0.39, 0.29) is 23.3 Å². The molecule has 41 heavy (non-hydrogen) atoms. The van der Waals surface area contributed by atoms with E-state index < -0.39 is 0 Å². The third-order valence-electron chi connectivity index (χ3n) is 7.08. The van der Waals surface area contributed by atoms with Gasteiger partial charge in [0.05, 0.1) is 0 Å². The van der Waals surface area contributed by atoms with Crippen LogP contribution in [0.3, 0.4) is 0 Å². The second-order valence-corrected chi connectivity index (χ2v) is 10.8. The van der Waals surface area contributed by atoms with Gasteiger partial charge in [-0.05, 0) is 48.9 Å². The summed E-state index contributed by atoms with van der Waals surface area (Å²) in [6.07, 6.45) is 0. The number of aryl methyl sites for hydroxylation is 2. The van der Waals surface area contributed by atoms with Gasteiger partial charge in [0.2, 0.25) is 0 Å². The molecule has 2 amide bonds. The molecule has 2 N–H and O–H groups in total. The van der Waals surface area contributed by atoms with E-state index in [4.69, 9.17) is 8.83 Å². The van der Waals surface area contributed by atoms with Crippen molar-refractivity contribution >= 4 is 56.5 Å². The maximum atomic E-state index is 13.0. The zero-order valence-electron chi connectivity index (χ0n) is 22.7. The molecule has 0 unspecified atom stereocenters. The van der Waals surface area contributed by atoms with Crippen LogP contribution in [0.15, 0.2) is 106 Å². The van der Waals surface area contributed by atoms with Crippen molar-refractivity contribution in [3.8, 4) is 0 Å². The van der Waals surface area contributed by atoms with Crippen molar-refractivity contribution in [3.63, 3.8) is 0 Å². The number of carbonyl (C=O) groups is 2. The van der Waals surface area contributed by atoms with Crippen molar-refractivity contribution in [2.75, 3.05) is 10.6 Å². The summed E-state index contributed by atoms with van der Waals surface area (Å²) in [5.74, 6) is 2.70. The highest BCUT2D eigenvalue weighted by atomic mass is 32.2. The van der Waals surface area contributed by atoms with Gasteiger partial charge in [0.1, 0.15) is 11.5 Å². The van der Waals surface area contributed by atoms with Crippen molar-refractivity contribution in [3.05, 3.63) is 131 Å². The van der Waals surface area contributed by atoms with Crippen molar-refractivity contribution in [1.29, 1.82) is 0 Å². The van der Waals surface area contributed by atoms with Gasteiger partial charge in [-0.3, -0.25) is 9.59 Å². The first-order chi connectivity index (χ1) is 20.0. The molecule has 6 nitrogen and oxygen atoms in total. The Bertz CT molecular complexity index is 1750. The fourth-order valence-corrected chi connectivity index (χ4v) is 5.97. The van der Waals surface area contributed by atoms with Crippen LogP contribution in [0.2, 0.25) is 0 Å². The Morgan fingerprint density at radius 1 is 0.610 bits per heavy atom. The first-order valence-electron chi connectivity index (χ1n) is 13.3. The van der Waals surface area contributed by atoms with Gasteiger partial charge in [0, 0.05) is 44.8 Å². The van der Waals surface area contributed by atoms with E-state index in [9.17, 15) is 9.59 Å². The molecular formula is C34H28N2O4S. The lowest BCUT2D eigenvalue weighted by Crippen LogP contribution is -2.11. The van der Waals surface area contributed by atoms with Gasteiger partial charge in [-0.25, -0.2) is 0 Å². The molecule has 0 spiro atoms. The van der Waals surface area contributed by atoms with Crippen molar-refractivity contribution in [1.82, 2.24) is 0 Å². The largest absolute Gasteiger partial charge is 0.456 e. The van der Waals surface area contributed by atoms with Crippen LogP contribution in [0.4, 0.5) is 11.4 Å². The van der Waals surface area contributed by atoms with Crippen molar-refractivity contribution in [2.45, 2.75) is 25.4 Å². The molecule has 6 rings (SSSR count). The van der Waals surface area contributed by atoms with Crippen molar-refractivity contribution in [2.24, 2.45) is 0 Å². The number of furan rings is 2. The molecule has 4 aromatic carbocycles. The predicted octanol–water partition coefficient (Wildman–Crippen LogP) is 8.73. The molecule has 0 radical (unpaired) electrons. The van der Waals surface area contributed by atoms with Crippen LogP contribution in [-0.4, -0.2) is 11.8 Å². The van der Waals surface area contributed by atoms with Crippen LogP contribution < -0.4 is 10.6 Å². The Hall–Kier alpha value is -4.75. The summed E-state index contributed by atoms with van der Waals surface area (Å²) >= 11 is 1.67. The summed E-state index contributed by atoms with van der Waals surface area (Å²) in [6.45, 7) is 3.73. The van der Waals surface area contributed by atoms with Crippen LogP contribution >= 0.6 is 11.8 Å². The number of benzene rings is 4. The van der Waals surface area contributed by atoms with E-state index in [0.717, 1.165) is 44.0 Å². The summed E-state index contributed by atoms with van der Waals surface area (Å²) in [7, 11) is 0. The zero-order valence-corrected chi connectivity index (χ0v) is 23.5. The fraction of sp³-hybridized carbons (Fsp3) is 0.118. The topological polar surface area (TPSA) is 84.5 Å². The standard InChI is InChI=1S/C34H28N2O4S/c1-21-25(17-31(39-21)33(37)35-29-15-7-11-23-9-3-5-13-27(23)29)19-41-20-26-18-32(40-22(26)2)34(38)36-30-16-8-12-24-10-4-6-14-28(24)30/h3-18H,19-20H2,1-2H3,(H,35,37)(H,36,38). The van der Waals surface area contributed by atoms with Gasteiger partial charge in [-0.2, -0.15) is 11.8 Å². The van der Waals surface area contributed by atoms with Gasteiger partial charge >= 0.3 is 0 Å². The van der Waals surface area contributed by atoms with E-state index in [1.807, 2.05) is 98.8 Å². The lowest BCUT2D eigenvalue weighted by molar-refractivity contribution is 0.0988. The third kappa shape index (κ3) is 5.62. The highest BCUT2D eigenvalue weighted by Gasteiger charge is 2.18. The maximum Gasteiger partial charge on any atom is 0.291 e. The van der Waals surface area contributed by atoms with Gasteiger partial charge in [0.25, 0.3) is 11.8 Å². The van der Waals surface area contributed by atoms with E-state index in [2.05, 4.69) is 10.6 Å². The second kappa shape index (κ2) is 11.4. The lowest BCUT2D eigenvalue weighted by atomic mass is 10.1. The number of amides is 2. The molecule has 0 bridgehead atoms. The molecule has 6 aromatic rings. The molecule has 0 saturated carbocycles. The Morgan fingerprint density at radius 3 is 1.49 bits per heavy atom. The normalized spacial score (nSPS) is 11.2. The Morgan fingerprint density at radius 2 is 1.02 bits per heavy atom. The summed E-state index contributed by atoms with van der Waals surface area (Å²) in [4.78, 5) is 25.9. The molecule has 0 fully saturated rings. The number of carbonyl (C=O) groups excluding carboxylic acids is 2. The van der Waals surface area contributed by atoms with Crippen molar-refractivity contribution < 1.29 is 18.4 Å². The van der Waals surface area contributed by atoms with Crippen LogP contribution in [0, 0.1) is 13.8 Å². The molecular weight excluding hydrogens is 532 g/mol. The minimum atomic E-state index is -0.284. The van der Waals surface area contributed by atoms with E-state index in [1.54, 1.807) is 23.9 Å². The summed E-state index contributed by atoms with van der Waals surface area (Å²) < 4.78 is 11.6. The number of hydrogen-bond donors (Lipinski definition) is 2. The van der Waals surface area contributed by atoms with Gasteiger partial charge in [0.15, 0.2) is 11.5 Å². The molecule has 2 aromatic heterocycles. The second-order valence-electron chi connectivity index (χ2n) is 9.84. The van der Waals surface area contributed by atoms with Crippen LogP contribution in [0.5, 0.6) is 0 Å². The van der Waals surface area contributed by atoms with Gasteiger partial charge in [-0.1, -0.05) is 72.8 Å². The number of hydrogen-bond acceptors (Lipinski definition) is 5.